The van der Waals surface area contributed by atoms with Gasteiger partial charge in [0.15, 0.2) is 0 Å². The summed E-state index contributed by atoms with van der Waals surface area (Å²) in [6, 6.07) is -0.671. The van der Waals surface area contributed by atoms with Crippen LogP contribution in [-0.4, -0.2) is 45.6 Å². The summed E-state index contributed by atoms with van der Waals surface area (Å²) in [4.78, 5) is 24.1. The molecule has 6 heteroatoms. The van der Waals surface area contributed by atoms with E-state index in [0.717, 1.165) is 0 Å². The lowest BCUT2D eigenvalue weighted by molar-refractivity contribution is -0.148. The monoisotopic (exact) mass is 232 g/mol. The third-order valence-corrected chi connectivity index (χ3v) is 3.61. The van der Waals surface area contributed by atoms with Gasteiger partial charge in [-0.3, -0.25) is 4.79 Å². The van der Waals surface area contributed by atoms with Gasteiger partial charge in [0.25, 0.3) is 0 Å². The number of carboxylic acid groups (broad SMARTS) is 1. The van der Waals surface area contributed by atoms with Crippen molar-refractivity contribution in [3.63, 3.8) is 0 Å². The number of amides is 1. The number of nitrogens with zero attached hydrogens (tertiary/aromatic N) is 1. The maximum absolute atomic E-state index is 11.7. The predicted molar refractivity (Wildman–Crippen MR) is 58.5 cm³/mol. The van der Waals surface area contributed by atoms with E-state index in [9.17, 15) is 9.59 Å². The highest BCUT2D eigenvalue weighted by atomic mass is 32.2. The van der Waals surface area contributed by atoms with Gasteiger partial charge in [-0.05, 0) is 19.9 Å². The third-order valence-electron chi connectivity index (χ3n) is 2.39. The van der Waals surface area contributed by atoms with Gasteiger partial charge in [-0.1, -0.05) is 0 Å². The van der Waals surface area contributed by atoms with E-state index in [1.807, 2.05) is 6.92 Å². The number of carbonyl (C=O) groups excluding carboxylic acids is 1. The molecule has 1 aliphatic rings. The largest absolute Gasteiger partial charge is 0.480 e. The Morgan fingerprint density at radius 3 is 2.80 bits per heavy atom. The number of hydrogen-bond donors (Lipinski definition) is 2. The highest BCUT2D eigenvalue weighted by Crippen LogP contribution is 2.29. The maximum Gasteiger partial charge on any atom is 0.327 e. The fraction of sp³-hybridized carbons (Fsp3) is 0.778. The van der Waals surface area contributed by atoms with E-state index < -0.39 is 12.0 Å². The average molecular weight is 232 g/mol. The molecule has 15 heavy (non-hydrogen) atoms. The Labute approximate surface area is 93.0 Å². The fourth-order valence-corrected chi connectivity index (χ4v) is 2.78. The minimum Gasteiger partial charge on any atom is -0.480 e. The molecule has 1 rings (SSSR count). The molecule has 86 valence electrons. The van der Waals surface area contributed by atoms with Crippen LogP contribution in [0.15, 0.2) is 0 Å². The predicted octanol–water partition coefficient (Wildman–Crippen LogP) is 0.0999. The van der Waals surface area contributed by atoms with Gasteiger partial charge in [0.05, 0.1) is 5.37 Å². The van der Waals surface area contributed by atoms with Crippen LogP contribution in [0.5, 0.6) is 0 Å². The SMILES string of the molecule is CC1SCC(C(=O)O)N1C(=O)CCCN. The Balaban J connectivity index is 2.63. The van der Waals surface area contributed by atoms with E-state index in [0.29, 0.717) is 25.1 Å². The van der Waals surface area contributed by atoms with Crippen LogP contribution in [0, 0.1) is 0 Å². The molecule has 1 saturated heterocycles. The van der Waals surface area contributed by atoms with Gasteiger partial charge >= 0.3 is 5.97 Å². The second-order valence-electron chi connectivity index (χ2n) is 3.48. The summed E-state index contributed by atoms with van der Waals surface area (Å²) in [5.74, 6) is -0.552. The molecule has 2 unspecified atom stereocenters. The molecule has 5 nitrogen and oxygen atoms in total. The molecular weight excluding hydrogens is 216 g/mol. The standard InChI is InChI=1S/C9H16N2O3S/c1-6-11(8(12)3-2-4-10)7(5-15-6)9(13)14/h6-7H,2-5,10H2,1H3,(H,13,14). The second kappa shape index (κ2) is 5.37. The summed E-state index contributed by atoms with van der Waals surface area (Å²) in [5, 5.41) is 8.90. The van der Waals surface area contributed by atoms with Crippen LogP contribution in [0.4, 0.5) is 0 Å². The van der Waals surface area contributed by atoms with E-state index in [1.165, 1.54) is 16.7 Å². The van der Waals surface area contributed by atoms with Crippen LogP contribution in [0.3, 0.4) is 0 Å². The molecule has 1 amide bonds. The molecule has 0 aliphatic carbocycles. The quantitative estimate of drug-likeness (QED) is 0.718. The lowest BCUT2D eigenvalue weighted by Crippen LogP contribution is -2.44. The zero-order valence-electron chi connectivity index (χ0n) is 8.68. The average Bonchev–Trinajstić information content (AvgIpc) is 2.56. The normalized spacial score (nSPS) is 25.6. The lowest BCUT2D eigenvalue weighted by atomic mass is 10.2. The molecule has 0 spiro atoms. The third kappa shape index (κ3) is 2.85. The molecule has 1 heterocycles. The summed E-state index contributed by atoms with van der Waals surface area (Å²) in [7, 11) is 0. The second-order valence-corrected chi connectivity index (χ2v) is 4.83. The van der Waals surface area contributed by atoms with Crippen molar-refractivity contribution in [2.45, 2.75) is 31.2 Å². The Morgan fingerprint density at radius 1 is 1.60 bits per heavy atom. The molecule has 0 aromatic carbocycles. The van der Waals surface area contributed by atoms with Crippen molar-refractivity contribution in [1.29, 1.82) is 0 Å². The first-order valence-corrected chi connectivity index (χ1v) is 5.98. The minimum absolute atomic E-state index is 0.0450. The highest BCUT2D eigenvalue weighted by Gasteiger charge is 2.38. The number of aliphatic carboxylic acids is 1. The highest BCUT2D eigenvalue weighted by molar-refractivity contribution is 8.00. The van der Waals surface area contributed by atoms with Gasteiger partial charge < -0.3 is 15.7 Å². The summed E-state index contributed by atoms with van der Waals surface area (Å²) < 4.78 is 0. The smallest absolute Gasteiger partial charge is 0.327 e. The van der Waals surface area contributed by atoms with Gasteiger partial charge in [0.2, 0.25) is 5.91 Å². The molecule has 3 N–H and O–H groups in total. The number of thioether (sulfide) groups is 1. The first kappa shape index (κ1) is 12.3. The van der Waals surface area contributed by atoms with E-state index in [4.69, 9.17) is 10.8 Å². The molecule has 0 aromatic rings. The molecule has 1 fully saturated rings. The van der Waals surface area contributed by atoms with Crippen molar-refractivity contribution in [2.24, 2.45) is 5.73 Å². The van der Waals surface area contributed by atoms with Crippen molar-refractivity contribution in [2.75, 3.05) is 12.3 Å². The van der Waals surface area contributed by atoms with E-state index in [-0.39, 0.29) is 11.3 Å². The van der Waals surface area contributed by atoms with Gasteiger partial charge in [-0.15, -0.1) is 11.8 Å². The molecule has 1 aliphatic heterocycles. The first-order chi connectivity index (χ1) is 7.07. The van der Waals surface area contributed by atoms with Crippen LogP contribution in [0.2, 0.25) is 0 Å². The molecule has 2 atom stereocenters. The van der Waals surface area contributed by atoms with Crippen LogP contribution in [-0.2, 0) is 9.59 Å². The molecule has 0 aromatic heterocycles. The number of carbonyl (C=O) groups is 2. The molecule has 0 bridgehead atoms. The first-order valence-electron chi connectivity index (χ1n) is 4.93. The maximum atomic E-state index is 11.7. The van der Waals surface area contributed by atoms with Crippen LogP contribution in [0.25, 0.3) is 0 Å². The Hall–Kier alpha value is -0.750. The van der Waals surface area contributed by atoms with Crippen molar-refractivity contribution in [1.82, 2.24) is 4.90 Å². The number of rotatable bonds is 4. The molecular formula is C9H16N2O3S. The zero-order valence-corrected chi connectivity index (χ0v) is 9.50. The zero-order chi connectivity index (χ0) is 11.4. The minimum atomic E-state index is -0.923. The summed E-state index contributed by atoms with van der Waals surface area (Å²) in [6.45, 7) is 2.31. The van der Waals surface area contributed by atoms with Crippen molar-refractivity contribution in [3.05, 3.63) is 0 Å². The van der Waals surface area contributed by atoms with Gasteiger partial charge in [-0.25, -0.2) is 4.79 Å². The summed E-state index contributed by atoms with van der Waals surface area (Å²) in [5.41, 5.74) is 5.31. The Morgan fingerprint density at radius 2 is 2.27 bits per heavy atom. The van der Waals surface area contributed by atoms with Crippen LogP contribution in [0.1, 0.15) is 19.8 Å². The summed E-state index contributed by atoms with van der Waals surface area (Å²) in [6.07, 6.45) is 0.949. The number of hydrogen-bond acceptors (Lipinski definition) is 4. The van der Waals surface area contributed by atoms with Crippen molar-refractivity contribution >= 4 is 23.6 Å². The van der Waals surface area contributed by atoms with Gasteiger partial charge in [0, 0.05) is 12.2 Å². The lowest BCUT2D eigenvalue weighted by Gasteiger charge is -2.24. The number of carboxylic acids is 1. The summed E-state index contributed by atoms with van der Waals surface area (Å²) >= 11 is 1.50. The van der Waals surface area contributed by atoms with Crippen LogP contribution >= 0.6 is 11.8 Å². The topological polar surface area (TPSA) is 83.6 Å². The van der Waals surface area contributed by atoms with E-state index >= 15 is 0 Å². The van der Waals surface area contributed by atoms with Crippen molar-refractivity contribution < 1.29 is 14.7 Å². The van der Waals surface area contributed by atoms with Gasteiger partial charge in [0.1, 0.15) is 6.04 Å². The Bertz CT molecular complexity index is 260. The van der Waals surface area contributed by atoms with E-state index in [1.54, 1.807) is 0 Å². The fourth-order valence-electron chi connectivity index (χ4n) is 1.59. The van der Waals surface area contributed by atoms with Crippen molar-refractivity contribution in [3.8, 4) is 0 Å². The van der Waals surface area contributed by atoms with E-state index in [2.05, 4.69) is 0 Å². The Kier molecular flexibility index (Phi) is 4.41. The molecule has 0 radical (unpaired) electrons. The number of nitrogens with two attached hydrogens (primary N) is 1. The van der Waals surface area contributed by atoms with Gasteiger partial charge in [-0.2, -0.15) is 0 Å². The van der Waals surface area contributed by atoms with Crippen LogP contribution < -0.4 is 5.73 Å². The molecule has 0 saturated carbocycles.